The van der Waals surface area contributed by atoms with Crippen LogP contribution in [0, 0.1) is 22.7 Å². The maximum absolute atomic E-state index is 11.4. The molecule has 0 unspecified atom stereocenters. The Labute approximate surface area is 119 Å². The molecule has 0 spiro atoms. The molecule has 0 N–H and O–H groups in total. The van der Waals surface area contributed by atoms with Gasteiger partial charge in [-0.1, -0.05) is 12.1 Å². The van der Waals surface area contributed by atoms with Gasteiger partial charge in [-0.15, -0.1) is 0 Å². The lowest BCUT2D eigenvalue weighted by Gasteiger charge is -2.41. The van der Waals surface area contributed by atoms with Crippen molar-refractivity contribution in [1.82, 2.24) is 0 Å². The van der Waals surface area contributed by atoms with Crippen LogP contribution in [0.3, 0.4) is 0 Å². The summed E-state index contributed by atoms with van der Waals surface area (Å²) in [5, 5.41) is 9.35. The molecule has 20 heavy (non-hydrogen) atoms. The summed E-state index contributed by atoms with van der Waals surface area (Å²) in [5.41, 5.74) is 0.820. The summed E-state index contributed by atoms with van der Waals surface area (Å²) < 4.78 is 9.84. The molecule has 4 nitrogen and oxygen atoms in total. The van der Waals surface area contributed by atoms with Crippen molar-refractivity contribution < 1.29 is 14.3 Å². The Morgan fingerprint density at radius 2 is 2.00 bits per heavy atom. The summed E-state index contributed by atoms with van der Waals surface area (Å²) in [4.78, 5) is 11.4. The van der Waals surface area contributed by atoms with E-state index in [0.717, 1.165) is 18.6 Å². The van der Waals surface area contributed by atoms with Crippen LogP contribution >= 0.6 is 0 Å². The van der Waals surface area contributed by atoms with Gasteiger partial charge in [-0.2, -0.15) is 5.26 Å². The number of esters is 1. The van der Waals surface area contributed by atoms with Crippen LogP contribution in [0.4, 0.5) is 0 Å². The normalized spacial score (nSPS) is 24.4. The van der Waals surface area contributed by atoms with Gasteiger partial charge in [0, 0.05) is 0 Å². The van der Waals surface area contributed by atoms with Crippen molar-refractivity contribution in [2.45, 2.75) is 25.7 Å². The smallest absolute Gasteiger partial charge is 0.308 e. The molecule has 0 aromatic heterocycles. The molecule has 0 saturated heterocycles. The van der Waals surface area contributed by atoms with Gasteiger partial charge in [0.15, 0.2) is 0 Å². The highest BCUT2D eigenvalue weighted by Gasteiger charge is 2.47. The number of aryl methyl sites for hydroxylation is 1. The maximum Gasteiger partial charge on any atom is 0.308 e. The predicted octanol–water partition coefficient (Wildman–Crippen LogP) is 2.72. The highest BCUT2D eigenvalue weighted by molar-refractivity contribution is 5.73. The molecule has 0 amide bonds. The fourth-order valence-electron chi connectivity index (χ4n) is 2.74. The van der Waals surface area contributed by atoms with Gasteiger partial charge in [-0.3, -0.25) is 4.79 Å². The number of ether oxygens (including phenoxy) is 2. The Hall–Kier alpha value is -2.02. The second-order valence-corrected chi connectivity index (χ2v) is 5.37. The van der Waals surface area contributed by atoms with E-state index in [1.54, 1.807) is 7.11 Å². The molecule has 106 valence electrons. The van der Waals surface area contributed by atoms with Gasteiger partial charge in [-0.05, 0) is 43.4 Å². The summed E-state index contributed by atoms with van der Waals surface area (Å²) >= 11 is 0. The van der Waals surface area contributed by atoms with E-state index in [-0.39, 0.29) is 17.3 Å². The molecule has 0 bridgehead atoms. The molecule has 1 aliphatic rings. The third-order valence-corrected chi connectivity index (χ3v) is 4.10. The minimum Gasteiger partial charge on any atom is -0.497 e. The van der Waals surface area contributed by atoms with E-state index >= 15 is 0 Å². The molecule has 4 heteroatoms. The third-order valence-electron chi connectivity index (χ3n) is 4.10. The van der Waals surface area contributed by atoms with E-state index in [0.29, 0.717) is 12.8 Å². The lowest BCUT2D eigenvalue weighted by atomic mass is 9.60. The summed E-state index contributed by atoms with van der Waals surface area (Å²) in [7, 11) is 3.03. The molecule has 1 aromatic rings. The molecular weight excluding hydrogens is 254 g/mol. The number of carbonyl (C=O) groups is 1. The molecule has 0 aliphatic heterocycles. The minimum atomic E-state index is -0.362. The average Bonchev–Trinajstić information content (AvgIpc) is 2.46. The van der Waals surface area contributed by atoms with Crippen LogP contribution in [0.25, 0.3) is 0 Å². The number of nitriles is 1. The Bertz CT molecular complexity index is 510. The Morgan fingerprint density at radius 3 is 2.50 bits per heavy atom. The van der Waals surface area contributed by atoms with Crippen molar-refractivity contribution in [2.24, 2.45) is 11.3 Å². The lowest BCUT2D eigenvalue weighted by Crippen LogP contribution is -2.41. The topological polar surface area (TPSA) is 59.3 Å². The van der Waals surface area contributed by atoms with E-state index in [1.807, 2.05) is 24.3 Å². The van der Waals surface area contributed by atoms with E-state index in [1.165, 1.54) is 12.7 Å². The Morgan fingerprint density at radius 1 is 1.35 bits per heavy atom. The van der Waals surface area contributed by atoms with Crippen molar-refractivity contribution in [1.29, 1.82) is 5.26 Å². The van der Waals surface area contributed by atoms with E-state index in [4.69, 9.17) is 9.47 Å². The highest BCUT2D eigenvalue weighted by atomic mass is 16.5. The minimum absolute atomic E-state index is 0.101. The van der Waals surface area contributed by atoms with E-state index in [2.05, 4.69) is 6.07 Å². The van der Waals surface area contributed by atoms with Crippen LogP contribution < -0.4 is 4.74 Å². The molecule has 1 aromatic carbocycles. The first kappa shape index (κ1) is 14.4. The van der Waals surface area contributed by atoms with Crippen LogP contribution in [-0.2, 0) is 16.0 Å². The van der Waals surface area contributed by atoms with Crippen molar-refractivity contribution in [3.05, 3.63) is 29.8 Å². The first-order valence-electron chi connectivity index (χ1n) is 6.74. The Balaban J connectivity index is 1.89. The fourth-order valence-corrected chi connectivity index (χ4v) is 2.74. The van der Waals surface area contributed by atoms with E-state index in [9.17, 15) is 10.1 Å². The quantitative estimate of drug-likeness (QED) is 0.774. The van der Waals surface area contributed by atoms with Gasteiger partial charge in [-0.25, -0.2) is 0 Å². The van der Waals surface area contributed by atoms with Gasteiger partial charge in [0.2, 0.25) is 0 Å². The van der Waals surface area contributed by atoms with Crippen molar-refractivity contribution in [3.8, 4) is 11.8 Å². The number of benzene rings is 1. The first-order valence-corrected chi connectivity index (χ1v) is 6.74. The highest BCUT2D eigenvalue weighted by Crippen LogP contribution is 2.48. The zero-order valence-corrected chi connectivity index (χ0v) is 11.9. The lowest BCUT2D eigenvalue weighted by molar-refractivity contribution is -0.152. The SMILES string of the molecule is COC(=O)C1CC(C#N)(CCc2ccc(OC)cc2)C1. The number of carbonyl (C=O) groups excluding carboxylic acids is 1. The molecule has 2 rings (SSSR count). The van der Waals surface area contributed by atoms with Crippen LogP contribution in [0.15, 0.2) is 24.3 Å². The molecule has 1 fully saturated rings. The van der Waals surface area contributed by atoms with Gasteiger partial charge in [0.1, 0.15) is 5.75 Å². The number of nitrogens with zero attached hydrogens (tertiary/aromatic N) is 1. The second-order valence-electron chi connectivity index (χ2n) is 5.37. The first-order chi connectivity index (χ1) is 9.62. The molecule has 0 atom stereocenters. The molecule has 1 aliphatic carbocycles. The summed E-state index contributed by atoms with van der Waals surface area (Å²) in [6.07, 6.45) is 2.85. The predicted molar refractivity (Wildman–Crippen MR) is 74.1 cm³/mol. The van der Waals surface area contributed by atoms with Crippen molar-refractivity contribution in [3.63, 3.8) is 0 Å². The number of methoxy groups -OCH3 is 2. The average molecular weight is 273 g/mol. The van der Waals surface area contributed by atoms with E-state index < -0.39 is 0 Å². The molecule has 1 saturated carbocycles. The number of hydrogen-bond acceptors (Lipinski definition) is 4. The van der Waals surface area contributed by atoms with Crippen LogP contribution in [-0.4, -0.2) is 20.2 Å². The molecule has 0 heterocycles. The van der Waals surface area contributed by atoms with Gasteiger partial charge in [0.05, 0.1) is 31.6 Å². The Kier molecular flexibility index (Phi) is 4.29. The number of rotatable bonds is 5. The number of hydrogen-bond donors (Lipinski definition) is 0. The van der Waals surface area contributed by atoms with Gasteiger partial charge < -0.3 is 9.47 Å². The standard InChI is InChI=1S/C16H19NO3/c1-19-14-5-3-12(4-6-14)7-8-16(11-17)9-13(10-16)15(18)20-2/h3-6,13H,7-10H2,1-2H3. The van der Waals surface area contributed by atoms with Crippen molar-refractivity contribution in [2.75, 3.05) is 14.2 Å². The monoisotopic (exact) mass is 273 g/mol. The fraction of sp³-hybridized carbons (Fsp3) is 0.500. The van der Waals surface area contributed by atoms with Gasteiger partial charge in [0.25, 0.3) is 0 Å². The maximum atomic E-state index is 11.4. The van der Waals surface area contributed by atoms with Crippen LogP contribution in [0.2, 0.25) is 0 Å². The molecular formula is C16H19NO3. The molecule has 0 radical (unpaired) electrons. The van der Waals surface area contributed by atoms with Crippen LogP contribution in [0.1, 0.15) is 24.8 Å². The largest absolute Gasteiger partial charge is 0.497 e. The summed E-state index contributed by atoms with van der Waals surface area (Å²) in [5.74, 6) is 0.536. The second kappa shape index (κ2) is 5.96. The van der Waals surface area contributed by atoms with Crippen molar-refractivity contribution >= 4 is 5.97 Å². The summed E-state index contributed by atoms with van der Waals surface area (Å²) in [6, 6.07) is 10.3. The van der Waals surface area contributed by atoms with Gasteiger partial charge >= 0.3 is 5.97 Å². The zero-order chi connectivity index (χ0) is 14.6. The summed E-state index contributed by atoms with van der Waals surface area (Å²) in [6.45, 7) is 0. The zero-order valence-electron chi connectivity index (χ0n) is 11.9. The third kappa shape index (κ3) is 2.93. The van der Waals surface area contributed by atoms with Crippen LogP contribution in [0.5, 0.6) is 5.75 Å².